The Morgan fingerprint density at radius 2 is 1.95 bits per heavy atom. The molecule has 0 bridgehead atoms. The highest BCUT2D eigenvalue weighted by Crippen LogP contribution is 2.02. The summed E-state index contributed by atoms with van der Waals surface area (Å²) in [5.41, 5.74) is 1.03. The summed E-state index contributed by atoms with van der Waals surface area (Å²) in [6.07, 6.45) is 1.97. The van der Waals surface area contributed by atoms with Gasteiger partial charge >= 0.3 is 0 Å². The Morgan fingerprint density at radius 3 is 2.55 bits per heavy atom. The van der Waals surface area contributed by atoms with Gasteiger partial charge in [-0.1, -0.05) is 5.21 Å². The maximum absolute atomic E-state index is 4.33. The number of hydrogen-bond acceptors (Lipinski definition) is 5. The molecule has 0 spiro atoms. The molecule has 0 saturated carbocycles. The maximum Gasteiger partial charge on any atom is 0.147 e. The van der Waals surface area contributed by atoms with E-state index in [9.17, 15) is 0 Å². The van der Waals surface area contributed by atoms with Gasteiger partial charge in [0.2, 0.25) is 0 Å². The molecule has 0 aliphatic carbocycles. The molecular weight excluding hydrogens is 254 g/mol. The summed E-state index contributed by atoms with van der Waals surface area (Å²) in [6, 6.07) is 0. The number of hydrogen-bond donors (Lipinski definition) is 1. The van der Waals surface area contributed by atoms with Crippen molar-refractivity contribution in [3.05, 3.63) is 23.5 Å². The van der Waals surface area contributed by atoms with E-state index in [2.05, 4.69) is 46.5 Å². The van der Waals surface area contributed by atoms with E-state index in [1.165, 1.54) is 0 Å². The minimum atomic E-state index is 0.0825. The monoisotopic (exact) mass is 277 g/mol. The van der Waals surface area contributed by atoms with E-state index < -0.39 is 0 Å². The molecule has 2 heterocycles. The van der Waals surface area contributed by atoms with Crippen LogP contribution in [-0.2, 0) is 19.6 Å². The fraction of sp³-hybridized carbons (Fsp3) is 0.692. The molecule has 2 aromatic rings. The first-order chi connectivity index (χ1) is 9.33. The van der Waals surface area contributed by atoms with Gasteiger partial charge in [0.25, 0.3) is 0 Å². The zero-order chi connectivity index (χ0) is 14.8. The Labute approximate surface area is 119 Å². The van der Waals surface area contributed by atoms with Crippen LogP contribution in [-0.4, -0.2) is 35.3 Å². The van der Waals surface area contributed by atoms with Crippen LogP contribution >= 0.6 is 0 Å². The van der Waals surface area contributed by atoms with Crippen molar-refractivity contribution >= 4 is 0 Å². The van der Waals surface area contributed by atoms with Crippen LogP contribution in [0.3, 0.4) is 0 Å². The van der Waals surface area contributed by atoms with Crippen LogP contribution in [0.1, 0.15) is 38.1 Å². The molecule has 0 aliphatic rings. The highest BCUT2D eigenvalue weighted by Gasteiger charge is 2.10. The SMILES string of the molecule is Cc1nc(C)n(CCn2cc(CNC(C)(C)C)nn2)n1. The Balaban J connectivity index is 1.88. The summed E-state index contributed by atoms with van der Waals surface area (Å²) in [5, 5.41) is 16.0. The van der Waals surface area contributed by atoms with Crippen molar-refractivity contribution in [2.45, 2.75) is 59.8 Å². The van der Waals surface area contributed by atoms with Crippen molar-refractivity contribution in [1.29, 1.82) is 0 Å². The van der Waals surface area contributed by atoms with E-state index in [0.717, 1.165) is 37.0 Å². The van der Waals surface area contributed by atoms with Crippen LogP contribution in [0.2, 0.25) is 0 Å². The molecule has 0 atom stereocenters. The van der Waals surface area contributed by atoms with E-state index in [1.54, 1.807) is 0 Å². The maximum atomic E-state index is 4.33. The van der Waals surface area contributed by atoms with E-state index in [-0.39, 0.29) is 5.54 Å². The minimum absolute atomic E-state index is 0.0825. The van der Waals surface area contributed by atoms with Crippen LogP contribution in [0.25, 0.3) is 0 Å². The number of aryl methyl sites for hydroxylation is 4. The Kier molecular flexibility index (Phi) is 4.17. The third-order valence-electron chi connectivity index (χ3n) is 2.89. The van der Waals surface area contributed by atoms with Gasteiger partial charge in [0.15, 0.2) is 0 Å². The lowest BCUT2D eigenvalue weighted by molar-refractivity contribution is 0.421. The van der Waals surface area contributed by atoms with Crippen molar-refractivity contribution < 1.29 is 0 Å². The van der Waals surface area contributed by atoms with Crippen LogP contribution in [0.5, 0.6) is 0 Å². The molecule has 7 heteroatoms. The van der Waals surface area contributed by atoms with Crippen LogP contribution in [0.15, 0.2) is 6.20 Å². The third kappa shape index (κ3) is 4.12. The smallest absolute Gasteiger partial charge is 0.147 e. The van der Waals surface area contributed by atoms with Gasteiger partial charge in [-0.3, -0.25) is 4.68 Å². The zero-order valence-corrected chi connectivity index (χ0v) is 12.9. The summed E-state index contributed by atoms with van der Waals surface area (Å²) in [6.45, 7) is 12.5. The summed E-state index contributed by atoms with van der Waals surface area (Å²) in [5.74, 6) is 1.73. The first-order valence-corrected chi connectivity index (χ1v) is 6.85. The molecule has 2 aromatic heterocycles. The van der Waals surface area contributed by atoms with Gasteiger partial charge in [0.1, 0.15) is 11.6 Å². The average molecular weight is 277 g/mol. The molecule has 0 radical (unpaired) electrons. The number of rotatable bonds is 5. The summed E-state index contributed by atoms with van der Waals surface area (Å²) < 4.78 is 3.74. The van der Waals surface area contributed by atoms with Crippen molar-refractivity contribution in [1.82, 2.24) is 35.1 Å². The highest BCUT2D eigenvalue weighted by atomic mass is 15.4. The second-order valence-corrected chi connectivity index (χ2v) is 6.01. The first-order valence-electron chi connectivity index (χ1n) is 6.85. The summed E-state index contributed by atoms with van der Waals surface area (Å²) in [4.78, 5) is 4.28. The standard InChI is InChI=1S/C13H23N7/c1-10-15-11(2)20(17-10)7-6-19-9-12(16-18-19)8-14-13(3,4)5/h9,14H,6-8H2,1-5H3. The molecule has 0 unspecified atom stereocenters. The summed E-state index contributed by atoms with van der Waals surface area (Å²) in [7, 11) is 0. The zero-order valence-electron chi connectivity index (χ0n) is 12.9. The van der Waals surface area contributed by atoms with E-state index in [0.29, 0.717) is 0 Å². The highest BCUT2D eigenvalue weighted by molar-refractivity contribution is 4.93. The molecular formula is C13H23N7. The van der Waals surface area contributed by atoms with Crippen molar-refractivity contribution in [3.8, 4) is 0 Å². The first kappa shape index (κ1) is 14.6. The number of nitrogens with one attached hydrogen (secondary N) is 1. The largest absolute Gasteiger partial charge is 0.306 e. The van der Waals surface area contributed by atoms with Gasteiger partial charge in [0.05, 0.1) is 18.8 Å². The molecule has 0 aliphatic heterocycles. The van der Waals surface area contributed by atoms with Gasteiger partial charge in [-0.05, 0) is 34.6 Å². The number of aromatic nitrogens is 6. The molecule has 20 heavy (non-hydrogen) atoms. The summed E-state index contributed by atoms with van der Waals surface area (Å²) >= 11 is 0. The topological polar surface area (TPSA) is 73.5 Å². The average Bonchev–Trinajstić information content (AvgIpc) is 2.90. The van der Waals surface area contributed by atoms with Gasteiger partial charge in [-0.2, -0.15) is 5.10 Å². The fourth-order valence-electron chi connectivity index (χ4n) is 1.85. The predicted octanol–water partition coefficient (Wildman–Crippen LogP) is 1.07. The minimum Gasteiger partial charge on any atom is -0.306 e. The molecule has 1 N–H and O–H groups in total. The molecule has 110 valence electrons. The van der Waals surface area contributed by atoms with E-state index in [1.807, 2.05) is 29.4 Å². The second-order valence-electron chi connectivity index (χ2n) is 6.01. The van der Waals surface area contributed by atoms with Gasteiger partial charge in [0, 0.05) is 18.3 Å². The lowest BCUT2D eigenvalue weighted by atomic mass is 10.1. The fourth-order valence-corrected chi connectivity index (χ4v) is 1.85. The lowest BCUT2D eigenvalue weighted by Crippen LogP contribution is -2.35. The molecule has 0 amide bonds. The number of nitrogens with zero attached hydrogens (tertiary/aromatic N) is 6. The second kappa shape index (κ2) is 5.70. The van der Waals surface area contributed by atoms with Crippen LogP contribution < -0.4 is 5.32 Å². The van der Waals surface area contributed by atoms with Crippen LogP contribution in [0, 0.1) is 13.8 Å². The van der Waals surface area contributed by atoms with Crippen molar-refractivity contribution in [3.63, 3.8) is 0 Å². The molecule has 0 fully saturated rings. The Bertz CT molecular complexity index is 562. The Hall–Kier alpha value is -1.76. The van der Waals surface area contributed by atoms with E-state index >= 15 is 0 Å². The van der Waals surface area contributed by atoms with Crippen LogP contribution in [0.4, 0.5) is 0 Å². The van der Waals surface area contributed by atoms with Crippen molar-refractivity contribution in [2.75, 3.05) is 0 Å². The molecule has 2 rings (SSSR count). The molecule has 7 nitrogen and oxygen atoms in total. The predicted molar refractivity (Wildman–Crippen MR) is 76.1 cm³/mol. The quantitative estimate of drug-likeness (QED) is 0.885. The van der Waals surface area contributed by atoms with E-state index in [4.69, 9.17) is 0 Å². The van der Waals surface area contributed by atoms with Gasteiger partial charge in [-0.25, -0.2) is 9.67 Å². The normalized spacial score (nSPS) is 12.1. The lowest BCUT2D eigenvalue weighted by Gasteiger charge is -2.19. The molecule has 0 aromatic carbocycles. The van der Waals surface area contributed by atoms with Crippen molar-refractivity contribution in [2.24, 2.45) is 0 Å². The Morgan fingerprint density at radius 1 is 1.20 bits per heavy atom. The third-order valence-corrected chi connectivity index (χ3v) is 2.89. The van der Waals surface area contributed by atoms with Gasteiger partial charge in [-0.15, -0.1) is 5.10 Å². The van der Waals surface area contributed by atoms with Gasteiger partial charge < -0.3 is 5.32 Å². The molecule has 0 saturated heterocycles.